The lowest BCUT2D eigenvalue weighted by molar-refractivity contribution is 0.653. The van der Waals surface area contributed by atoms with E-state index < -0.39 is 0 Å². The Morgan fingerprint density at radius 2 is 1.11 bits per heavy atom. The van der Waals surface area contributed by atoms with Crippen molar-refractivity contribution in [3.8, 4) is 33.5 Å². The summed E-state index contributed by atoms with van der Waals surface area (Å²) in [5.74, 6) is 0. The Labute approximate surface area is 265 Å². The molecule has 0 aliphatic rings. The minimum absolute atomic E-state index is 0.552. The van der Waals surface area contributed by atoms with Gasteiger partial charge in [-0.2, -0.15) is 0 Å². The van der Waals surface area contributed by atoms with Gasteiger partial charge in [0.1, 0.15) is 11.1 Å². The fourth-order valence-electron chi connectivity index (χ4n) is 6.72. The van der Waals surface area contributed by atoms with Crippen LogP contribution in [0.3, 0.4) is 0 Å². The largest absolute Gasteiger partial charge is 0.436 e. The van der Waals surface area contributed by atoms with Crippen LogP contribution >= 0.6 is 22.7 Å². The van der Waals surface area contributed by atoms with E-state index in [0.717, 1.165) is 33.3 Å². The van der Waals surface area contributed by atoms with E-state index >= 15 is 0 Å². The first kappa shape index (κ1) is 25.0. The maximum absolute atomic E-state index is 6.28. The molecule has 0 bridgehead atoms. The van der Waals surface area contributed by atoms with Gasteiger partial charge in [0.15, 0.2) is 0 Å². The number of furan rings is 1. The molecule has 3 nitrogen and oxygen atoms in total. The Kier molecular flexibility index (Phi) is 5.32. The smallest absolute Gasteiger partial charge is 0.246 e. The second-order valence-electron chi connectivity index (χ2n) is 11.3. The second kappa shape index (κ2) is 9.57. The second-order valence-corrected chi connectivity index (χ2v) is 13.4. The van der Waals surface area contributed by atoms with Crippen LogP contribution in [-0.2, 0) is 0 Å². The fourth-order valence-corrected chi connectivity index (χ4v) is 9.19. The molecule has 0 N–H and O–H groups in total. The normalized spacial score (nSPS) is 12.0. The number of hydrogen-bond donors (Lipinski definition) is 0. The number of benzene rings is 6. The number of thiophene rings is 2. The van der Waals surface area contributed by atoms with E-state index in [1.54, 1.807) is 0 Å². The van der Waals surface area contributed by atoms with Crippen LogP contribution in [0.4, 0.5) is 0 Å². The van der Waals surface area contributed by atoms with Gasteiger partial charge in [-0.3, -0.25) is 0 Å². The van der Waals surface area contributed by atoms with E-state index in [1.807, 2.05) is 34.9 Å². The Bertz CT molecular complexity index is 2780. The van der Waals surface area contributed by atoms with Gasteiger partial charge in [-0.1, -0.05) is 103 Å². The molecule has 4 heterocycles. The van der Waals surface area contributed by atoms with E-state index in [0.29, 0.717) is 5.71 Å². The number of nitrogens with zero attached hydrogens (tertiary/aromatic N) is 2. The molecule has 0 aliphatic carbocycles. The van der Waals surface area contributed by atoms with Gasteiger partial charge in [-0.25, -0.2) is 9.97 Å². The van der Waals surface area contributed by atoms with Gasteiger partial charge in [0, 0.05) is 51.5 Å². The zero-order valence-corrected chi connectivity index (χ0v) is 25.5. The summed E-state index contributed by atoms with van der Waals surface area (Å²) in [4.78, 5) is 10.0. The summed E-state index contributed by atoms with van der Waals surface area (Å²) in [6.45, 7) is 0. The summed E-state index contributed by atoms with van der Waals surface area (Å²) in [5.41, 5.74) is 8.68. The maximum Gasteiger partial charge on any atom is 0.246 e. The zero-order valence-electron chi connectivity index (χ0n) is 23.8. The molecule has 10 rings (SSSR count). The van der Waals surface area contributed by atoms with Gasteiger partial charge in [0.2, 0.25) is 5.71 Å². The quantitative estimate of drug-likeness (QED) is 0.200. The van der Waals surface area contributed by atoms with Crippen molar-refractivity contribution in [2.75, 3.05) is 0 Å². The van der Waals surface area contributed by atoms with Crippen LogP contribution in [0.5, 0.6) is 0 Å². The number of aromatic nitrogens is 2. The molecule has 210 valence electrons. The first-order chi connectivity index (χ1) is 22.3. The van der Waals surface area contributed by atoms with Crippen molar-refractivity contribution in [3.05, 3.63) is 134 Å². The van der Waals surface area contributed by atoms with Crippen LogP contribution in [0, 0.1) is 0 Å². The van der Waals surface area contributed by atoms with Crippen molar-refractivity contribution in [2.24, 2.45) is 0 Å². The Hall–Kier alpha value is -5.36. The van der Waals surface area contributed by atoms with Crippen LogP contribution in [-0.4, -0.2) is 9.97 Å². The topological polar surface area (TPSA) is 38.9 Å². The Morgan fingerprint density at radius 3 is 1.89 bits per heavy atom. The SMILES string of the molecule is c1cc(-c2cnc3oc4cccc(-c5cccc6c5sc5ccccc56)c4c3n2)cc(-c2cccc3c2sc2ccccc23)c1. The van der Waals surface area contributed by atoms with E-state index in [4.69, 9.17) is 14.4 Å². The monoisotopic (exact) mass is 610 g/mol. The average molecular weight is 611 g/mol. The van der Waals surface area contributed by atoms with Crippen molar-refractivity contribution >= 4 is 85.2 Å². The molecule has 4 aromatic heterocycles. The molecule has 0 saturated carbocycles. The molecule has 10 aromatic rings. The van der Waals surface area contributed by atoms with Crippen LogP contribution in [0.15, 0.2) is 138 Å². The van der Waals surface area contributed by atoms with E-state index in [2.05, 4.69) is 121 Å². The summed E-state index contributed by atoms with van der Waals surface area (Å²) >= 11 is 3.69. The van der Waals surface area contributed by atoms with Gasteiger partial charge in [-0.15, -0.1) is 22.7 Å². The molecular weight excluding hydrogens is 589 g/mol. The highest BCUT2D eigenvalue weighted by atomic mass is 32.1. The Morgan fingerprint density at radius 1 is 0.511 bits per heavy atom. The highest BCUT2D eigenvalue weighted by Gasteiger charge is 2.19. The minimum atomic E-state index is 0.552. The number of hydrogen-bond acceptors (Lipinski definition) is 5. The van der Waals surface area contributed by atoms with Crippen molar-refractivity contribution in [2.45, 2.75) is 0 Å². The lowest BCUT2D eigenvalue weighted by atomic mass is 9.99. The first-order valence-corrected chi connectivity index (χ1v) is 16.5. The van der Waals surface area contributed by atoms with Crippen LogP contribution in [0.1, 0.15) is 0 Å². The predicted molar refractivity (Wildman–Crippen MR) is 191 cm³/mol. The number of rotatable bonds is 3. The molecule has 0 atom stereocenters. The summed E-state index contributed by atoms with van der Waals surface area (Å²) in [7, 11) is 0. The molecule has 0 radical (unpaired) electrons. The van der Waals surface area contributed by atoms with Crippen molar-refractivity contribution in [3.63, 3.8) is 0 Å². The van der Waals surface area contributed by atoms with Crippen molar-refractivity contribution < 1.29 is 4.42 Å². The molecule has 0 spiro atoms. The molecule has 6 aromatic carbocycles. The summed E-state index contributed by atoms with van der Waals surface area (Å²) in [6, 6.07) is 45.3. The minimum Gasteiger partial charge on any atom is -0.436 e. The highest BCUT2D eigenvalue weighted by Crippen LogP contribution is 2.44. The van der Waals surface area contributed by atoms with Crippen LogP contribution in [0.2, 0.25) is 0 Å². The highest BCUT2D eigenvalue weighted by molar-refractivity contribution is 7.26. The molecule has 0 saturated heterocycles. The van der Waals surface area contributed by atoms with E-state index in [1.165, 1.54) is 57.0 Å². The average Bonchev–Trinajstić information content (AvgIpc) is 3.79. The molecule has 45 heavy (non-hydrogen) atoms. The number of fused-ring (bicyclic) bond motifs is 9. The standard InChI is InChI=1S/C40H22N2OS2/c1-3-19-34-26(11-1)29-15-6-13-25(38(29)44-34)23-9-5-10-24(21-23)32-22-41-40-37(42-32)36-28(14-8-18-33(36)43-40)31-17-7-16-30-27-12-2-4-20-35(27)45-39(30)31/h1-22H. The van der Waals surface area contributed by atoms with E-state index in [9.17, 15) is 0 Å². The third kappa shape index (κ3) is 3.75. The predicted octanol–water partition coefficient (Wildman–Crippen LogP) is 12.1. The zero-order chi connectivity index (χ0) is 29.5. The summed E-state index contributed by atoms with van der Waals surface area (Å²) in [6.07, 6.45) is 1.83. The maximum atomic E-state index is 6.28. The molecule has 0 aliphatic heterocycles. The van der Waals surface area contributed by atoms with Crippen LogP contribution in [0.25, 0.3) is 96.1 Å². The summed E-state index contributed by atoms with van der Waals surface area (Å²) < 4.78 is 11.4. The molecular formula is C40H22N2OS2. The molecule has 0 fully saturated rings. The van der Waals surface area contributed by atoms with Gasteiger partial charge < -0.3 is 4.42 Å². The molecule has 0 unspecified atom stereocenters. The first-order valence-electron chi connectivity index (χ1n) is 14.9. The lowest BCUT2D eigenvalue weighted by Crippen LogP contribution is -1.88. The van der Waals surface area contributed by atoms with Gasteiger partial charge >= 0.3 is 0 Å². The van der Waals surface area contributed by atoms with Crippen molar-refractivity contribution in [1.82, 2.24) is 9.97 Å². The molecule has 0 amide bonds. The lowest BCUT2D eigenvalue weighted by Gasteiger charge is -2.08. The summed E-state index contributed by atoms with van der Waals surface area (Å²) in [5, 5.41) is 6.16. The Balaban J connectivity index is 1.15. The van der Waals surface area contributed by atoms with Crippen LogP contribution < -0.4 is 0 Å². The van der Waals surface area contributed by atoms with Gasteiger partial charge in [-0.05, 0) is 41.0 Å². The molecule has 5 heteroatoms. The van der Waals surface area contributed by atoms with E-state index in [-0.39, 0.29) is 0 Å². The van der Waals surface area contributed by atoms with Gasteiger partial charge in [0.25, 0.3) is 0 Å². The third-order valence-corrected chi connectivity index (χ3v) is 11.2. The third-order valence-electron chi connectivity index (χ3n) is 8.78. The van der Waals surface area contributed by atoms with Gasteiger partial charge in [0.05, 0.1) is 17.3 Å². The fraction of sp³-hybridized carbons (Fsp3) is 0. The van der Waals surface area contributed by atoms with Crippen molar-refractivity contribution in [1.29, 1.82) is 0 Å².